The maximum absolute atomic E-state index is 5.16. The molecule has 4 rings (SSSR count). The summed E-state index contributed by atoms with van der Waals surface area (Å²) in [5.74, 6) is 0.857. The SMILES string of the molecule is CNC1Nc2ncccc2C(c2cccn2C)=NC1c1cccs1. The molecule has 5 nitrogen and oxygen atoms in total. The van der Waals surface area contributed by atoms with E-state index in [2.05, 4.69) is 49.8 Å². The Morgan fingerprint density at radius 1 is 1.21 bits per heavy atom. The van der Waals surface area contributed by atoms with E-state index < -0.39 is 0 Å². The number of fused-ring (bicyclic) bond motifs is 1. The maximum atomic E-state index is 5.16. The third kappa shape index (κ3) is 2.53. The van der Waals surface area contributed by atoms with Crippen molar-refractivity contribution in [3.05, 3.63) is 70.3 Å². The zero-order valence-electron chi connectivity index (χ0n) is 13.6. The fourth-order valence-corrected chi connectivity index (χ4v) is 3.85. The molecule has 3 aromatic heterocycles. The van der Waals surface area contributed by atoms with E-state index in [-0.39, 0.29) is 12.2 Å². The first-order valence-corrected chi connectivity index (χ1v) is 8.78. The van der Waals surface area contributed by atoms with Crippen molar-refractivity contribution in [3.8, 4) is 0 Å². The lowest BCUT2D eigenvalue weighted by Crippen LogP contribution is -2.38. The molecule has 0 aliphatic carbocycles. The van der Waals surface area contributed by atoms with Gasteiger partial charge in [-0.3, -0.25) is 10.3 Å². The standard InChI is InChI=1S/C18H19N5S/c1-19-18-16(14-8-5-11-24-14)21-15(13-7-4-10-23(13)2)12-6-3-9-20-17(12)22-18/h3-11,16,18-19H,1-2H3,(H,20,22). The van der Waals surface area contributed by atoms with Gasteiger partial charge in [-0.25, -0.2) is 4.98 Å². The molecule has 6 heteroatoms. The Morgan fingerprint density at radius 3 is 2.83 bits per heavy atom. The number of anilines is 1. The number of aromatic nitrogens is 2. The molecule has 0 saturated carbocycles. The third-order valence-corrected chi connectivity index (χ3v) is 5.21. The van der Waals surface area contributed by atoms with Crippen LogP contribution < -0.4 is 10.6 Å². The van der Waals surface area contributed by atoms with E-state index in [1.807, 2.05) is 38.6 Å². The van der Waals surface area contributed by atoms with Gasteiger partial charge in [0.1, 0.15) is 18.0 Å². The van der Waals surface area contributed by atoms with Crippen LogP contribution in [0.1, 0.15) is 22.2 Å². The molecule has 3 aromatic rings. The van der Waals surface area contributed by atoms with Gasteiger partial charge < -0.3 is 9.88 Å². The van der Waals surface area contributed by atoms with Crippen LogP contribution in [0.5, 0.6) is 0 Å². The Kier molecular flexibility index (Phi) is 3.92. The molecule has 1 aliphatic rings. The zero-order valence-corrected chi connectivity index (χ0v) is 14.4. The quantitative estimate of drug-likeness (QED) is 0.772. The number of hydrogen-bond acceptors (Lipinski definition) is 5. The van der Waals surface area contributed by atoms with Crippen LogP contribution in [0, 0.1) is 0 Å². The average Bonchev–Trinajstić information content (AvgIpc) is 3.24. The van der Waals surface area contributed by atoms with Gasteiger partial charge in [0.15, 0.2) is 0 Å². The molecular weight excluding hydrogens is 318 g/mol. The van der Waals surface area contributed by atoms with E-state index in [1.165, 1.54) is 4.88 Å². The number of thiophene rings is 1. The number of aliphatic imine (C=N–C) groups is 1. The molecule has 0 spiro atoms. The van der Waals surface area contributed by atoms with E-state index in [0.717, 1.165) is 22.8 Å². The predicted octanol–water partition coefficient (Wildman–Crippen LogP) is 3.03. The highest BCUT2D eigenvalue weighted by Crippen LogP contribution is 2.32. The van der Waals surface area contributed by atoms with Gasteiger partial charge in [0.25, 0.3) is 0 Å². The van der Waals surface area contributed by atoms with Gasteiger partial charge in [-0.05, 0) is 42.8 Å². The molecule has 1 aliphatic heterocycles. The number of nitrogens with zero attached hydrogens (tertiary/aromatic N) is 3. The molecule has 2 N–H and O–H groups in total. The molecule has 0 bridgehead atoms. The van der Waals surface area contributed by atoms with E-state index in [9.17, 15) is 0 Å². The first-order valence-electron chi connectivity index (χ1n) is 7.90. The summed E-state index contributed by atoms with van der Waals surface area (Å²) in [4.78, 5) is 10.9. The minimum absolute atomic E-state index is 0.0185. The molecule has 2 unspecified atom stereocenters. The number of likely N-dealkylation sites (N-methyl/N-ethyl adjacent to an activating group) is 1. The first kappa shape index (κ1) is 15.1. The van der Waals surface area contributed by atoms with Gasteiger partial charge >= 0.3 is 0 Å². The fraction of sp³-hybridized carbons (Fsp3) is 0.222. The van der Waals surface area contributed by atoms with Crippen LogP contribution in [0.25, 0.3) is 0 Å². The second kappa shape index (κ2) is 6.22. The van der Waals surface area contributed by atoms with Crippen LogP contribution in [0.4, 0.5) is 5.82 Å². The van der Waals surface area contributed by atoms with Crippen molar-refractivity contribution in [2.24, 2.45) is 12.0 Å². The minimum atomic E-state index is -0.0194. The van der Waals surface area contributed by atoms with Crippen LogP contribution in [-0.4, -0.2) is 28.5 Å². The van der Waals surface area contributed by atoms with Gasteiger partial charge in [-0.2, -0.15) is 0 Å². The molecule has 0 amide bonds. The number of rotatable bonds is 3. The molecule has 122 valence electrons. The van der Waals surface area contributed by atoms with Crippen LogP contribution >= 0.6 is 11.3 Å². The van der Waals surface area contributed by atoms with Crippen LogP contribution in [0.3, 0.4) is 0 Å². The van der Waals surface area contributed by atoms with Crippen LogP contribution in [-0.2, 0) is 7.05 Å². The van der Waals surface area contributed by atoms with Gasteiger partial charge in [0, 0.05) is 29.9 Å². The lowest BCUT2D eigenvalue weighted by molar-refractivity contribution is 0.528. The number of pyridine rings is 1. The highest BCUT2D eigenvalue weighted by atomic mass is 32.1. The number of hydrogen-bond donors (Lipinski definition) is 2. The molecule has 0 saturated heterocycles. The predicted molar refractivity (Wildman–Crippen MR) is 98.8 cm³/mol. The van der Waals surface area contributed by atoms with E-state index >= 15 is 0 Å². The first-order chi connectivity index (χ1) is 11.8. The highest BCUT2D eigenvalue weighted by Gasteiger charge is 2.29. The Balaban J connectivity index is 1.93. The van der Waals surface area contributed by atoms with Crippen molar-refractivity contribution >= 4 is 22.9 Å². The summed E-state index contributed by atoms with van der Waals surface area (Å²) in [6.45, 7) is 0. The van der Waals surface area contributed by atoms with Crippen molar-refractivity contribution in [1.29, 1.82) is 0 Å². The maximum Gasteiger partial charge on any atom is 0.136 e. The summed E-state index contributed by atoms with van der Waals surface area (Å²) in [6, 6.07) is 12.4. The van der Waals surface area contributed by atoms with E-state index in [4.69, 9.17) is 4.99 Å². The number of aryl methyl sites for hydroxylation is 1. The van der Waals surface area contributed by atoms with Gasteiger partial charge in [0.2, 0.25) is 0 Å². The lowest BCUT2D eigenvalue weighted by atomic mass is 10.1. The summed E-state index contributed by atoms with van der Waals surface area (Å²) in [6.07, 6.45) is 3.84. The second-order valence-corrected chi connectivity index (χ2v) is 6.73. The van der Waals surface area contributed by atoms with Crippen molar-refractivity contribution in [2.45, 2.75) is 12.2 Å². The largest absolute Gasteiger partial charge is 0.352 e. The summed E-state index contributed by atoms with van der Waals surface area (Å²) in [7, 11) is 3.99. The summed E-state index contributed by atoms with van der Waals surface area (Å²) in [5.41, 5.74) is 3.08. The van der Waals surface area contributed by atoms with Gasteiger partial charge in [-0.1, -0.05) is 6.07 Å². The zero-order chi connectivity index (χ0) is 16.5. The smallest absolute Gasteiger partial charge is 0.136 e. The van der Waals surface area contributed by atoms with Crippen molar-refractivity contribution in [3.63, 3.8) is 0 Å². The molecule has 0 aromatic carbocycles. The minimum Gasteiger partial charge on any atom is -0.352 e. The molecule has 0 radical (unpaired) electrons. The molecule has 4 heterocycles. The van der Waals surface area contributed by atoms with Crippen molar-refractivity contribution < 1.29 is 0 Å². The van der Waals surface area contributed by atoms with E-state index in [0.29, 0.717) is 0 Å². The topological polar surface area (TPSA) is 54.2 Å². The van der Waals surface area contributed by atoms with Crippen molar-refractivity contribution in [1.82, 2.24) is 14.9 Å². The molecule has 0 fully saturated rings. The van der Waals surface area contributed by atoms with Crippen LogP contribution in [0.15, 0.2) is 59.2 Å². The lowest BCUT2D eigenvalue weighted by Gasteiger charge is -2.23. The third-order valence-electron chi connectivity index (χ3n) is 4.27. The second-order valence-electron chi connectivity index (χ2n) is 5.75. The number of nitrogens with one attached hydrogen (secondary N) is 2. The Hall–Kier alpha value is -2.44. The normalized spacial score (nSPS) is 20.0. The van der Waals surface area contributed by atoms with Gasteiger partial charge in [0.05, 0.1) is 11.4 Å². The molecule has 24 heavy (non-hydrogen) atoms. The highest BCUT2D eigenvalue weighted by molar-refractivity contribution is 7.10. The molecule has 2 atom stereocenters. The van der Waals surface area contributed by atoms with Crippen LogP contribution in [0.2, 0.25) is 0 Å². The summed E-state index contributed by atoms with van der Waals surface area (Å²) >= 11 is 1.73. The Labute approximate surface area is 145 Å². The van der Waals surface area contributed by atoms with E-state index in [1.54, 1.807) is 11.3 Å². The Morgan fingerprint density at radius 2 is 2.12 bits per heavy atom. The summed E-state index contributed by atoms with van der Waals surface area (Å²) in [5, 5.41) is 8.96. The Bertz CT molecular complexity index is 865. The summed E-state index contributed by atoms with van der Waals surface area (Å²) < 4.78 is 2.10. The fourth-order valence-electron chi connectivity index (χ4n) is 3.05. The van der Waals surface area contributed by atoms with Crippen molar-refractivity contribution in [2.75, 3.05) is 12.4 Å². The molecular formula is C18H19N5S. The monoisotopic (exact) mass is 337 g/mol. The average molecular weight is 337 g/mol. The van der Waals surface area contributed by atoms with Gasteiger partial charge in [-0.15, -0.1) is 11.3 Å².